The number of carbonyl (C=O) groups excluding carboxylic acids is 1. The van der Waals surface area contributed by atoms with Crippen LogP contribution in [-0.4, -0.2) is 21.0 Å². The fraction of sp³-hybridized carbons (Fsp3) is 0.417. The number of thiophene rings is 1. The maximum absolute atomic E-state index is 11.8. The normalized spacial score (nSPS) is 20.4. The molecule has 1 aliphatic carbocycles. The van der Waals surface area contributed by atoms with Gasteiger partial charge >= 0.3 is 0 Å². The highest BCUT2D eigenvalue weighted by Gasteiger charge is 2.24. The summed E-state index contributed by atoms with van der Waals surface area (Å²) in [4.78, 5) is 21.4. The number of Topliss-reactive ketones (excluding diaryl/α,β-unsaturated/α-hetero) is 1. The molecule has 0 amide bonds. The van der Waals surface area contributed by atoms with Crippen LogP contribution in [0.5, 0.6) is 0 Å². The van der Waals surface area contributed by atoms with Crippen LogP contribution in [0.15, 0.2) is 16.6 Å². The average molecular weight is 279 g/mol. The van der Waals surface area contributed by atoms with E-state index in [-0.39, 0.29) is 5.25 Å². The lowest BCUT2D eigenvalue weighted by Crippen LogP contribution is -2.21. The van der Waals surface area contributed by atoms with E-state index in [0.29, 0.717) is 23.2 Å². The second kappa shape index (κ2) is 4.85. The Labute approximate surface area is 113 Å². The zero-order valence-corrected chi connectivity index (χ0v) is 11.4. The minimum atomic E-state index is 0.00978. The number of hydrogen-bond acceptors (Lipinski definition) is 6. The Bertz CT molecular complexity index is 596. The van der Waals surface area contributed by atoms with Gasteiger partial charge in [-0.05, 0) is 24.3 Å². The number of hydrogen-bond donors (Lipinski definition) is 1. The smallest absolute Gasteiger partial charge is 0.191 e. The SMILES string of the molecule is Nc1nc(S[C@H]2CCCCC2=O)nc2sccc12. The van der Waals surface area contributed by atoms with Crippen molar-refractivity contribution in [3.63, 3.8) is 0 Å². The quantitative estimate of drug-likeness (QED) is 0.856. The standard InChI is InChI=1S/C12H13N3OS2/c13-10-7-5-6-17-11(7)15-12(14-10)18-9-4-2-1-3-8(9)16/h5-6,9H,1-4H2,(H2,13,14,15)/t9-/m0/s1. The van der Waals surface area contributed by atoms with Gasteiger partial charge < -0.3 is 5.73 Å². The van der Waals surface area contributed by atoms with E-state index in [2.05, 4.69) is 9.97 Å². The molecule has 18 heavy (non-hydrogen) atoms. The molecule has 94 valence electrons. The van der Waals surface area contributed by atoms with Gasteiger partial charge in [0.25, 0.3) is 0 Å². The largest absolute Gasteiger partial charge is 0.383 e. The molecular formula is C12H13N3OS2. The van der Waals surface area contributed by atoms with Crippen LogP contribution in [0.3, 0.4) is 0 Å². The molecule has 0 aromatic carbocycles. The summed E-state index contributed by atoms with van der Waals surface area (Å²) in [5.74, 6) is 0.826. The van der Waals surface area contributed by atoms with Gasteiger partial charge in [0.2, 0.25) is 0 Å². The fourth-order valence-electron chi connectivity index (χ4n) is 2.11. The molecule has 4 nitrogen and oxygen atoms in total. The van der Waals surface area contributed by atoms with Crippen LogP contribution >= 0.6 is 23.1 Å². The van der Waals surface area contributed by atoms with Crippen molar-refractivity contribution in [2.75, 3.05) is 5.73 Å². The van der Waals surface area contributed by atoms with Crippen molar-refractivity contribution >= 4 is 44.9 Å². The average Bonchev–Trinajstić information content (AvgIpc) is 2.81. The van der Waals surface area contributed by atoms with Gasteiger partial charge in [0.05, 0.1) is 10.6 Å². The fourth-order valence-corrected chi connectivity index (χ4v) is 4.03. The molecule has 1 atom stereocenters. The van der Waals surface area contributed by atoms with Crippen molar-refractivity contribution in [3.8, 4) is 0 Å². The number of aromatic nitrogens is 2. The summed E-state index contributed by atoms with van der Waals surface area (Å²) < 4.78 is 0. The third kappa shape index (κ3) is 2.22. The van der Waals surface area contributed by atoms with Gasteiger partial charge in [-0.2, -0.15) is 0 Å². The van der Waals surface area contributed by atoms with Crippen molar-refractivity contribution in [1.82, 2.24) is 9.97 Å². The number of nitrogens with two attached hydrogens (primary N) is 1. The molecule has 0 radical (unpaired) electrons. The second-order valence-electron chi connectivity index (χ2n) is 4.35. The molecule has 1 aliphatic rings. The molecule has 0 saturated heterocycles. The van der Waals surface area contributed by atoms with Crippen molar-refractivity contribution in [1.29, 1.82) is 0 Å². The molecular weight excluding hydrogens is 266 g/mol. The van der Waals surface area contributed by atoms with Crippen LogP contribution in [0, 0.1) is 0 Å². The van der Waals surface area contributed by atoms with Crippen molar-refractivity contribution in [3.05, 3.63) is 11.4 Å². The summed E-state index contributed by atoms with van der Waals surface area (Å²) in [7, 11) is 0. The Morgan fingerprint density at radius 1 is 1.39 bits per heavy atom. The van der Waals surface area contributed by atoms with Crippen molar-refractivity contribution in [2.24, 2.45) is 0 Å². The third-order valence-corrected chi connectivity index (χ3v) is 5.06. The van der Waals surface area contributed by atoms with E-state index in [1.807, 2.05) is 11.4 Å². The first-order valence-electron chi connectivity index (χ1n) is 5.94. The number of thioether (sulfide) groups is 1. The summed E-state index contributed by atoms with van der Waals surface area (Å²) in [5, 5.41) is 3.49. The van der Waals surface area contributed by atoms with E-state index in [9.17, 15) is 4.79 Å². The molecule has 1 saturated carbocycles. The molecule has 0 spiro atoms. The number of ketones is 1. The van der Waals surface area contributed by atoms with E-state index < -0.39 is 0 Å². The van der Waals surface area contributed by atoms with E-state index in [1.54, 1.807) is 11.3 Å². The molecule has 0 unspecified atom stereocenters. The zero-order chi connectivity index (χ0) is 12.5. The third-order valence-electron chi connectivity index (χ3n) is 3.08. The maximum atomic E-state index is 11.8. The van der Waals surface area contributed by atoms with Crippen molar-refractivity contribution < 1.29 is 4.79 Å². The topological polar surface area (TPSA) is 68.9 Å². The van der Waals surface area contributed by atoms with E-state index >= 15 is 0 Å². The van der Waals surface area contributed by atoms with Gasteiger partial charge in [0.1, 0.15) is 16.4 Å². The first kappa shape index (κ1) is 11.9. The van der Waals surface area contributed by atoms with Crippen LogP contribution in [0.25, 0.3) is 10.2 Å². The van der Waals surface area contributed by atoms with Crippen LogP contribution in [-0.2, 0) is 4.79 Å². The van der Waals surface area contributed by atoms with Gasteiger partial charge in [-0.1, -0.05) is 18.2 Å². The number of carbonyl (C=O) groups is 1. The Kier molecular flexibility index (Phi) is 3.22. The highest BCUT2D eigenvalue weighted by Crippen LogP contribution is 2.32. The number of rotatable bonds is 2. The van der Waals surface area contributed by atoms with E-state index in [1.165, 1.54) is 11.8 Å². The molecule has 2 N–H and O–H groups in total. The van der Waals surface area contributed by atoms with E-state index in [0.717, 1.165) is 29.5 Å². The van der Waals surface area contributed by atoms with Crippen LogP contribution in [0.1, 0.15) is 25.7 Å². The lowest BCUT2D eigenvalue weighted by molar-refractivity contribution is -0.119. The second-order valence-corrected chi connectivity index (χ2v) is 6.41. The van der Waals surface area contributed by atoms with Gasteiger partial charge in [-0.3, -0.25) is 4.79 Å². The molecule has 2 heterocycles. The van der Waals surface area contributed by atoms with Gasteiger partial charge in [0, 0.05) is 6.42 Å². The molecule has 1 fully saturated rings. The predicted octanol–water partition coefficient (Wildman–Crippen LogP) is 2.88. The first-order valence-corrected chi connectivity index (χ1v) is 7.70. The van der Waals surface area contributed by atoms with E-state index in [4.69, 9.17) is 5.73 Å². The minimum absolute atomic E-state index is 0.00978. The van der Waals surface area contributed by atoms with Crippen LogP contribution < -0.4 is 5.73 Å². The van der Waals surface area contributed by atoms with Gasteiger partial charge in [-0.25, -0.2) is 9.97 Å². The number of anilines is 1. The van der Waals surface area contributed by atoms with Crippen LogP contribution in [0.2, 0.25) is 0 Å². The maximum Gasteiger partial charge on any atom is 0.191 e. The number of fused-ring (bicyclic) bond motifs is 1. The lowest BCUT2D eigenvalue weighted by atomic mass is 9.99. The van der Waals surface area contributed by atoms with Gasteiger partial charge in [-0.15, -0.1) is 11.3 Å². The highest BCUT2D eigenvalue weighted by molar-refractivity contribution is 8.00. The predicted molar refractivity (Wildman–Crippen MR) is 74.9 cm³/mol. The summed E-state index contributed by atoms with van der Waals surface area (Å²) in [6.45, 7) is 0. The lowest BCUT2D eigenvalue weighted by Gasteiger charge is -2.18. The minimum Gasteiger partial charge on any atom is -0.383 e. The Hall–Kier alpha value is -1.14. The van der Waals surface area contributed by atoms with Crippen molar-refractivity contribution in [2.45, 2.75) is 36.1 Å². The summed E-state index contributed by atoms with van der Waals surface area (Å²) in [6, 6.07) is 1.93. The number of nitrogens with zero attached hydrogens (tertiary/aromatic N) is 2. The molecule has 2 aromatic heterocycles. The van der Waals surface area contributed by atoms with Crippen LogP contribution in [0.4, 0.5) is 5.82 Å². The molecule has 0 aliphatic heterocycles. The number of nitrogen functional groups attached to an aromatic ring is 1. The molecule has 0 bridgehead atoms. The van der Waals surface area contributed by atoms with Gasteiger partial charge in [0.15, 0.2) is 5.16 Å². The summed E-state index contributed by atoms with van der Waals surface area (Å²) in [6.07, 6.45) is 3.74. The zero-order valence-electron chi connectivity index (χ0n) is 9.76. The molecule has 3 rings (SSSR count). The Morgan fingerprint density at radius 3 is 3.11 bits per heavy atom. The highest BCUT2D eigenvalue weighted by atomic mass is 32.2. The Morgan fingerprint density at radius 2 is 2.28 bits per heavy atom. The summed E-state index contributed by atoms with van der Waals surface area (Å²) in [5.41, 5.74) is 5.90. The molecule has 2 aromatic rings. The first-order chi connectivity index (χ1) is 8.74. The monoisotopic (exact) mass is 279 g/mol. The summed E-state index contributed by atoms with van der Waals surface area (Å²) >= 11 is 3.01. The Balaban J connectivity index is 1.87. The molecule has 6 heteroatoms.